The molecule has 0 aliphatic rings. The van der Waals surface area contributed by atoms with Gasteiger partial charge in [-0.2, -0.15) is 21.6 Å². The lowest BCUT2D eigenvalue weighted by Crippen LogP contribution is -2.43. The molecule has 0 bridgehead atoms. The molecule has 0 amide bonds. The Morgan fingerprint density at radius 2 is 1.22 bits per heavy atom. The minimum atomic E-state index is -6.27. The van der Waals surface area contributed by atoms with Crippen LogP contribution in [0.25, 0.3) is 21.5 Å². The van der Waals surface area contributed by atoms with E-state index in [1.54, 1.807) is 0 Å². The quantitative estimate of drug-likeness (QED) is 0.573. The van der Waals surface area contributed by atoms with Gasteiger partial charge in [0.05, 0.1) is 10.8 Å². The lowest BCUT2D eigenvalue weighted by atomic mass is 10.1. The molecule has 0 unspecified atom stereocenters. The molecule has 1 heterocycles. The number of aromatic nitrogens is 1. The molecule has 0 spiro atoms. The zero-order valence-corrected chi connectivity index (χ0v) is 15.1. The Bertz CT molecular complexity index is 1240. The van der Waals surface area contributed by atoms with E-state index < -0.39 is 31.5 Å². The lowest BCUT2D eigenvalue weighted by Gasteiger charge is -2.08. The van der Waals surface area contributed by atoms with Gasteiger partial charge in [0, 0.05) is 10.0 Å². The molecule has 12 heteroatoms. The van der Waals surface area contributed by atoms with Crippen LogP contribution in [0.1, 0.15) is 0 Å². The predicted molar refractivity (Wildman–Crippen MR) is 93.6 cm³/mol. The van der Waals surface area contributed by atoms with Gasteiger partial charge in [0.2, 0.25) is 0 Å². The highest BCUT2D eigenvalue weighted by Crippen LogP contribution is 2.26. The molecule has 0 saturated carbocycles. The molecule has 0 N–H and O–H groups in total. The van der Waals surface area contributed by atoms with E-state index in [1.165, 1.54) is 24.3 Å². The Morgan fingerprint density at radius 3 is 1.59 bits per heavy atom. The van der Waals surface area contributed by atoms with Crippen molar-refractivity contribution < 1.29 is 25.9 Å². The molecular weight excluding hydrogens is 434 g/mol. The summed E-state index contributed by atoms with van der Waals surface area (Å²) in [6.45, 7) is 0. The van der Waals surface area contributed by atoms with E-state index in [1.807, 2.05) is 0 Å². The first kappa shape index (κ1) is 19.5. The van der Waals surface area contributed by atoms with Crippen molar-refractivity contribution >= 4 is 54.9 Å². The summed E-state index contributed by atoms with van der Waals surface area (Å²) in [5.41, 5.74) is -8.66. The minimum Gasteiger partial charge on any atom is -0.274 e. The first-order chi connectivity index (χ1) is 12.4. The largest absolute Gasteiger partial charge is 0.536 e. The number of hydrogen-bond acceptors (Lipinski definition) is 5. The monoisotopic (exact) mass is 439 g/mol. The molecule has 142 valence electrons. The van der Waals surface area contributed by atoms with Crippen LogP contribution in [0.3, 0.4) is 0 Å². The second kappa shape index (κ2) is 6.39. The molecule has 0 aliphatic carbocycles. The fourth-order valence-corrected chi connectivity index (χ4v) is 3.13. The molecule has 0 atom stereocenters. The number of fused-ring (bicyclic) bond motifs is 3. The summed E-state index contributed by atoms with van der Waals surface area (Å²) in [4.78, 5) is 25.2. The van der Waals surface area contributed by atoms with Crippen LogP contribution < -0.4 is 15.4 Å². The zero-order valence-electron chi connectivity index (χ0n) is 12.8. The molecule has 3 rings (SSSR count). The Hall–Kier alpha value is -2.30. The van der Waals surface area contributed by atoms with E-state index >= 15 is 0 Å². The standard InChI is InChI=1S/C15H6Cl2F3NO5S/c16-7-1-3-9-11(5-7)12-6-8(17)2-4-10(12)14(23)21(13(9)22)26-27(24,25)15(18,19)20/h1-6H. The normalized spacial score (nSPS) is 12.5. The Morgan fingerprint density at radius 1 is 0.815 bits per heavy atom. The fourth-order valence-electron chi connectivity index (χ4n) is 2.37. The van der Waals surface area contributed by atoms with Gasteiger partial charge in [-0.1, -0.05) is 27.9 Å². The summed E-state index contributed by atoms with van der Waals surface area (Å²) >= 11 is 11.8. The van der Waals surface area contributed by atoms with E-state index in [4.69, 9.17) is 23.2 Å². The third kappa shape index (κ3) is 3.35. The van der Waals surface area contributed by atoms with Gasteiger partial charge >= 0.3 is 15.6 Å². The molecule has 1 aromatic heterocycles. The number of alkyl halides is 3. The number of nitrogens with zero attached hydrogens (tertiary/aromatic N) is 1. The van der Waals surface area contributed by atoms with Gasteiger partial charge in [-0.25, -0.2) is 0 Å². The maximum atomic E-state index is 12.6. The Balaban J connectivity index is 2.57. The summed E-state index contributed by atoms with van der Waals surface area (Å²) < 4.78 is 64.0. The first-order valence-electron chi connectivity index (χ1n) is 6.91. The van der Waals surface area contributed by atoms with Crippen LogP contribution in [0.5, 0.6) is 0 Å². The molecule has 6 nitrogen and oxygen atoms in total. The highest BCUT2D eigenvalue weighted by Gasteiger charge is 2.49. The van der Waals surface area contributed by atoms with Crippen molar-refractivity contribution in [3.8, 4) is 0 Å². The topological polar surface area (TPSA) is 82.4 Å². The van der Waals surface area contributed by atoms with Gasteiger partial charge in [0.15, 0.2) is 0 Å². The van der Waals surface area contributed by atoms with E-state index in [9.17, 15) is 31.2 Å². The number of hydrogen-bond donors (Lipinski definition) is 0. The average Bonchev–Trinajstić information content (AvgIpc) is 2.64. The van der Waals surface area contributed by atoms with Crippen LogP contribution >= 0.6 is 23.2 Å². The summed E-state index contributed by atoms with van der Waals surface area (Å²) in [5, 5.41) is -0.116. The summed E-state index contributed by atoms with van der Waals surface area (Å²) in [5.74, 6) is 0. The Kier molecular flexibility index (Phi) is 4.61. The molecule has 2 aromatic carbocycles. The van der Waals surface area contributed by atoms with Crippen LogP contribution in [0.4, 0.5) is 13.2 Å². The van der Waals surface area contributed by atoms with E-state index in [0.717, 1.165) is 12.1 Å². The zero-order chi connectivity index (χ0) is 20.1. The van der Waals surface area contributed by atoms with Crippen molar-refractivity contribution in [1.82, 2.24) is 4.73 Å². The van der Waals surface area contributed by atoms with Gasteiger partial charge in [-0.05, 0) is 47.2 Å². The average molecular weight is 440 g/mol. The first-order valence-corrected chi connectivity index (χ1v) is 9.08. The second-order valence-electron chi connectivity index (χ2n) is 5.26. The van der Waals surface area contributed by atoms with Gasteiger partial charge in [-0.15, -0.1) is 0 Å². The van der Waals surface area contributed by atoms with E-state index in [2.05, 4.69) is 4.28 Å². The Labute approximate surface area is 158 Å². The fraction of sp³-hybridized carbons (Fsp3) is 0.0667. The highest BCUT2D eigenvalue weighted by atomic mass is 35.5. The molecule has 3 aromatic rings. The van der Waals surface area contributed by atoms with Crippen molar-refractivity contribution in [1.29, 1.82) is 0 Å². The molecular formula is C15H6Cl2F3NO5S. The van der Waals surface area contributed by atoms with Crippen LogP contribution in [0, 0.1) is 0 Å². The SMILES string of the molecule is O=c1c2ccc(Cl)cc2c2cc(Cl)ccc2c(=O)n1OS(=O)(=O)C(F)(F)F. The summed E-state index contributed by atoms with van der Waals surface area (Å²) in [6, 6.07) is 7.32. The second-order valence-corrected chi connectivity index (χ2v) is 7.65. The van der Waals surface area contributed by atoms with E-state index in [-0.39, 0.29) is 31.6 Å². The number of benzene rings is 2. The molecule has 0 fully saturated rings. The number of rotatable bonds is 2. The molecule has 0 saturated heterocycles. The van der Waals surface area contributed by atoms with Crippen LogP contribution in [0.15, 0.2) is 46.0 Å². The van der Waals surface area contributed by atoms with Crippen LogP contribution in [0.2, 0.25) is 10.0 Å². The smallest absolute Gasteiger partial charge is 0.274 e. The maximum Gasteiger partial charge on any atom is 0.536 e. The maximum absolute atomic E-state index is 12.6. The van der Waals surface area contributed by atoms with Crippen molar-refractivity contribution in [3.05, 3.63) is 67.2 Å². The molecule has 0 radical (unpaired) electrons. The third-order valence-electron chi connectivity index (χ3n) is 3.54. The van der Waals surface area contributed by atoms with Crippen molar-refractivity contribution in [3.63, 3.8) is 0 Å². The van der Waals surface area contributed by atoms with Crippen molar-refractivity contribution in [2.45, 2.75) is 5.51 Å². The van der Waals surface area contributed by atoms with Gasteiger partial charge in [0.25, 0.3) is 11.1 Å². The van der Waals surface area contributed by atoms with Crippen LogP contribution in [-0.4, -0.2) is 18.7 Å². The number of halogens is 5. The summed E-state index contributed by atoms with van der Waals surface area (Å²) in [7, 11) is -6.27. The van der Waals surface area contributed by atoms with E-state index in [0.29, 0.717) is 0 Å². The highest BCUT2D eigenvalue weighted by molar-refractivity contribution is 7.87. The van der Waals surface area contributed by atoms with Gasteiger partial charge in [0.1, 0.15) is 0 Å². The predicted octanol–water partition coefficient (Wildman–Crippen LogP) is 3.10. The van der Waals surface area contributed by atoms with Gasteiger partial charge < -0.3 is 0 Å². The van der Waals surface area contributed by atoms with Gasteiger partial charge in [-0.3, -0.25) is 13.9 Å². The third-order valence-corrected chi connectivity index (χ3v) is 4.92. The molecule has 0 aliphatic heterocycles. The molecule has 27 heavy (non-hydrogen) atoms. The van der Waals surface area contributed by atoms with Crippen molar-refractivity contribution in [2.75, 3.05) is 0 Å². The summed E-state index contributed by atoms with van der Waals surface area (Å²) in [6.07, 6.45) is 0. The minimum absolute atomic E-state index is 0.0776. The van der Waals surface area contributed by atoms with Crippen molar-refractivity contribution in [2.24, 2.45) is 0 Å². The lowest BCUT2D eigenvalue weighted by molar-refractivity contribution is -0.0551. The van der Waals surface area contributed by atoms with Crippen LogP contribution in [-0.2, 0) is 10.1 Å².